The normalized spacial score (nSPS) is 20.0. The van der Waals surface area contributed by atoms with Crippen LogP contribution in [0.15, 0.2) is 71.6 Å². The minimum atomic E-state index is -3.51. The van der Waals surface area contributed by atoms with Crippen molar-refractivity contribution in [3.05, 3.63) is 72.3 Å². The Kier molecular flexibility index (Phi) is 8.15. The SMILES string of the molecule is CC(C(=O)N1CCN(S(=O)(=O)c2ccccc2)CC1)N1CCN(CC=Cc2ccccc2)CC1. The molecule has 0 bridgehead atoms. The Bertz CT molecular complexity index is 1060. The van der Waals surface area contributed by atoms with Crippen LogP contribution in [0.5, 0.6) is 0 Å². The van der Waals surface area contributed by atoms with Crippen molar-refractivity contribution in [3.63, 3.8) is 0 Å². The lowest BCUT2D eigenvalue weighted by molar-refractivity contribution is -0.138. The molecule has 1 unspecified atom stereocenters. The molecule has 0 spiro atoms. The van der Waals surface area contributed by atoms with Crippen molar-refractivity contribution in [1.82, 2.24) is 19.0 Å². The van der Waals surface area contributed by atoms with Gasteiger partial charge in [-0.05, 0) is 24.6 Å². The second-order valence-electron chi connectivity index (χ2n) is 8.87. The first-order chi connectivity index (χ1) is 16.4. The van der Waals surface area contributed by atoms with Gasteiger partial charge in [-0.3, -0.25) is 14.6 Å². The second kappa shape index (κ2) is 11.3. The van der Waals surface area contributed by atoms with E-state index in [0.29, 0.717) is 31.1 Å². The molecule has 7 nitrogen and oxygen atoms in total. The number of hydrogen-bond donors (Lipinski definition) is 0. The zero-order chi connectivity index (χ0) is 24.0. The van der Waals surface area contributed by atoms with Crippen LogP contribution in [-0.2, 0) is 14.8 Å². The smallest absolute Gasteiger partial charge is 0.243 e. The van der Waals surface area contributed by atoms with Gasteiger partial charge in [0.1, 0.15) is 0 Å². The lowest BCUT2D eigenvalue weighted by Crippen LogP contribution is -2.57. The average Bonchev–Trinajstić information content (AvgIpc) is 2.89. The summed E-state index contributed by atoms with van der Waals surface area (Å²) in [7, 11) is -3.51. The maximum atomic E-state index is 13.1. The van der Waals surface area contributed by atoms with E-state index in [4.69, 9.17) is 0 Å². The third-order valence-corrected chi connectivity index (χ3v) is 8.63. The lowest BCUT2D eigenvalue weighted by atomic mass is 10.2. The fourth-order valence-corrected chi connectivity index (χ4v) is 5.99. The summed E-state index contributed by atoms with van der Waals surface area (Å²) in [6.07, 6.45) is 4.35. The van der Waals surface area contributed by atoms with Gasteiger partial charge in [0, 0.05) is 58.9 Å². The Morgan fingerprint density at radius 1 is 0.853 bits per heavy atom. The van der Waals surface area contributed by atoms with Crippen LogP contribution in [-0.4, -0.2) is 98.3 Å². The molecule has 0 radical (unpaired) electrons. The van der Waals surface area contributed by atoms with E-state index in [1.165, 1.54) is 9.87 Å². The number of carbonyl (C=O) groups is 1. The first-order valence-corrected chi connectivity index (χ1v) is 13.4. The zero-order valence-corrected chi connectivity index (χ0v) is 20.6. The standard InChI is InChI=1S/C26H34N4O3S/c1-23(28-17-15-27(16-18-28)14-8-11-24-9-4-2-5-10-24)26(31)29-19-21-30(22-20-29)34(32,33)25-12-6-3-7-13-25/h2-13,23H,14-22H2,1H3. The van der Waals surface area contributed by atoms with Gasteiger partial charge in [0.2, 0.25) is 15.9 Å². The highest BCUT2D eigenvalue weighted by Gasteiger charge is 2.33. The molecule has 182 valence electrons. The van der Waals surface area contributed by atoms with Crippen LogP contribution in [0.3, 0.4) is 0 Å². The average molecular weight is 483 g/mol. The fourth-order valence-electron chi connectivity index (χ4n) is 4.55. The summed E-state index contributed by atoms with van der Waals surface area (Å²) in [6.45, 7) is 7.97. The van der Waals surface area contributed by atoms with Gasteiger partial charge in [-0.1, -0.05) is 60.7 Å². The highest BCUT2D eigenvalue weighted by Crippen LogP contribution is 2.18. The minimum absolute atomic E-state index is 0.0918. The maximum Gasteiger partial charge on any atom is 0.243 e. The molecule has 2 aromatic rings. The Morgan fingerprint density at radius 2 is 1.44 bits per heavy atom. The van der Waals surface area contributed by atoms with Crippen LogP contribution < -0.4 is 0 Å². The van der Waals surface area contributed by atoms with Crippen LogP contribution in [0.25, 0.3) is 6.08 Å². The van der Waals surface area contributed by atoms with Gasteiger partial charge in [0.15, 0.2) is 0 Å². The first-order valence-electron chi connectivity index (χ1n) is 12.0. The molecule has 0 aromatic heterocycles. The predicted octanol–water partition coefficient (Wildman–Crippen LogP) is 2.24. The quantitative estimate of drug-likeness (QED) is 0.606. The van der Waals surface area contributed by atoms with E-state index in [0.717, 1.165) is 32.7 Å². The molecule has 2 fully saturated rings. The second-order valence-corrected chi connectivity index (χ2v) is 10.8. The van der Waals surface area contributed by atoms with Crippen molar-refractivity contribution in [3.8, 4) is 0 Å². The Morgan fingerprint density at radius 3 is 2.06 bits per heavy atom. The number of amides is 1. The molecule has 4 rings (SSSR count). The fraction of sp³-hybridized carbons (Fsp3) is 0.423. The van der Waals surface area contributed by atoms with E-state index >= 15 is 0 Å². The monoisotopic (exact) mass is 482 g/mol. The Balaban J connectivity index is 1.23. The van der Waals surface area contributed by atoms with Crippen molar-refractivity contribution in [1.29, 1.82) is 0 Å². The number of piperazine rings is 2. The highest BCUT2D eigenvalue weighted by atomic mass is 32.2. The molecule has 2 aliphatic heterocycles. The molecule has 0 saturated carbocycles. The van der Waals surface area contributed by atoms with Crippen LogP contribution in [0, 0.1) is 0 Å². The molecule has 0 N–H and O–H groups in total. The van der Waals surface area contributed by atoms with Crippen LogP contribution in [0.4, 0.5) is 0 Å². The van der Waals surface area contributed by atoms with Crippen molar-refractivity contribution >= 4 is 22.0 Å². The third kappa shape index (κ3) is 5.93. The molecule has 8 heteroatoms. The van der Waals surface area contributed by atoms with Crippen molar-refractivity contribution < 1.29 is 13.2 Å². The summed E-state index contributed by atoms with van der Waals surface area (Å²) in [5, 5.41) is 0. The largest absolute Gasteiger partial charge is 0.339 e. The van der Waals surface area contributed by atoms with Gasteiger partial charge in [-0.15, -0.1) is 0 Å². The number of sulfonamides is 1. The van der Waals surface area contributed by atoms with E-state index in [2.05, 4.69) is 34.1 Å². The van der Waals surface area contributed by atoms with Crippen LogP contribution in [0.2, 0.25) is 0 Å². The summed E-state index contributed by atoms with van der Waals surface area (Å²) >= 11 is 0. The lowest BCUT2D eigenvalue weighted by Gasteiger charge is -2.40. The van der Waals surface area contributed by atoms with Crippen LogP contribution in [0.1, 0.15) is 12.5 Å². The van der Waals surface area contributed by atoms with E-state index < -0.39 is 10.0 Å². The number of rotatable bonds is 7. The Labute approximate surface area is 203 Å². The maximum absolute atomic E-state index is 13.1. The third-order valence-electron chi connectivity index (χ3n) is 6.72. The van der Waals surface area contributed by atoms with Gasteiger partial charge < -0.3 is 4.90 Å². The van der Waals surface area contributed by atoms with Gasteiger partial charge in [0.05, 0.1) is 10.9 Å². The summed E-state index contributed by atoms with van der Waals surface area (Å²) in [5.74, 6) is 0.0918. The molecule has 34 heavy (non-hydrogen) atoms. The minimum Gasteiger partial charge on any atom is -0.339 e. The first kappa shape index (κ1) is 24.6. The summed E-state index contributed by atoms with van der Waals surface area (Å²) in [6, 6.07) is 18.6. The van der Waals surface area contributed by atoms with Gasteiger partial charge in [-0.2, -0.15) is 4.31 Å². The Hall–Kier alpha value is -2.52. The molecule has 1 amide bonds. The predicted molar refractivity (Wildman–Crippen MR) is 135 cm³/mol. The summed E-state index contributed by atoms with van der Waals surface area (Å²) in [5.41, 5.74) is 1.21. The summed E-state index contributed by atoms with van der Waals surface area (Å²) < 4.78 is 27.2. The number of nitrogens with zero attached hydrogens (tertiary/aromatic N) is 4. The molecular weight excluding hydrogens is 448 g/mol. The molecule has 0 aliphatic carbocycles. The van der Waals surface area contributed by atoms with E-state index in [-0.39, 0.29) is 11.9 Å². The van der Waals surface area contributed by atoms with Crippen LogP contribution >= 0.6 is 0 Å². The molecular formula is C26H34N4O3S. The van der Waals surface area contributed by atoms with E-state index in [1.54, 1.807) is 30.3 Å². The van der Waals surface area contributed by atoms with E-state index in [1.807, 2.05) is 30.0 Å². The highest BCUT2D eigenvalue weighted by molar-refractivity contribution is 7.89. The van der Waals surface area contributed by atoms with E-state index in [9.17, 15) is 13.2 Å². The number of hydrogen-bond acceptors (Lipinski definition) is 5. The van der Waals surface area contributed by atoms with Crippen molar-refractivity contribution in [2.75, 3.05) is 58.9 Å². The summed E-state index contributed by atoms with van der Waals surface area (Å²) in [4.78, 5) is 19.9. The number of benzene rings is 2. The molecule has 2 aromatic carbocycles. The van der Waals surface area contributed by atoms with Gasteiger partial charge >= 0.3 is 0 Å². The molecule has 2 heterocycles. The molecule has 2 aliphatic rings. The number of carbonyl (C=O) groups excluding carboxylic acids is 1. The zero-order valence-electron chi connectivity index (χ0n) is 19.8. The van der Waals surface area contributed by atoms with Crippen molar-refractivity contribution in [2.24, 2.45) is 0 Å². The molecule has 1 atom stereocenters. The molecule has 2 saturated heterocycles. The topological polar surface area (TPSA) is 64.2 Å². The van der Waals surface area contributed by atoms with Gasteiger partial charge in [-0.25, -0.2) is 8.42 Å². The van der Waals surface area contributed by atoms with Gasteiger partial charge in [0.25, 0.3) is 0 Å². The van der Waals surface area contributed by atoms with Crippen molar-refractivity contribution in [2.45, 2.75) is 17.9 Å².